The Hall–Kier alpha value is -1.82. The van der Waals surface area contributed by atoms with Gasteiger partial charge in [0, 0.05) is 21.6 Å². The number of aromatic amines is 1. The van der Waals surface area contributed by atoms with E-state index in [4.69, 9.17) is 0 Å². The number of aromatic nitrogens is 1. The molecule has 2 aromatic rings. The van der Waals surface area contributed by atoms with Gasteiger partial charge in [-0.1, -0.05) is 42.3 Å². The number of H-pyrrole nitrogens is 1. The molecule has 3 N–H and O–H groups in total. The van der Waals surface area contributed by atoms with E-state index in [2.05, 4.69) is 26.2 Å². The number of hydrogen-bond donors (Lipinski definition) is 3. The molecule has 1 aromatic carbocycles. The molecule has 2 unspecified atom stereocenters. The van der Waals surface area contributed by atoms with E-state index in [-0.39, 0.29) is 11.8 Å². The molecule has 0 saturated carbocycles. The van der Waals surface area contributed by atoms with Crippen molar-refractivity contribution in [3.8, 4) is 0 Å². The number of rotatable bonds is 5. The highest BCUT2D eigenvalue weighted by Crippen LogP contribution is 2.27. The molecule has 0 aliphatic rings. The van der Waals surface area contributed by atoms with Crippen LogP contribution in [0.4, 0.5) is 0 Å². The number of halogens is 1. The van der Waals surface area contributed by atoms with Gasteiger partial charge in [-0.2, -0.15) is 0 Å². The summed E-state index contributed by atoms with van der Waals surface area (Å²) < 4.78 is 0.793. The summed E-state index contributed by atoms with van der Waals surface area (Å²) in [5, 5.41) is 12.6. The average molecular weight is 353 g/mol. The van der Waals surface area contributed by atoms with Crippen LogP contribution >= 0.6 is 15.9 Å². The van der Waals surface area contributed by atoms with E-state index in [0.29, 0.717) is 12.0 Å². The highest BCUT2D eigenvalue weighted by molar-refractivity contribution is 9.10. The Kier molecular flexibility index (Phi) is 4.67. The molecule has 0 fully saturated rings. The van der Waals surface area contributed by atoms with E-state index >= 15 is 0 Å². The largest absolute Gasteiger partial charge is 0.480 e. The Balaban J connectivity index is 2.32. The number of benzene rings is 1. The summed E-state index contributed by atoms with van der Waals surface area (Å²) in [5.74, 6) is -1.54. The van der Waals surface area contributed by atoms with E-state index in [9.17, 15) is 14.7 Å². The molecular formula is C15H17BrN2O3. The Morgan fingerprint density at radius 3 is 2.76 bits per heavy atom. The van der Waals surface area contributed by atoms with Crippen LogP contribution in [-0.4, -0.2) is 28.0 Å². The molecule has 0 saturated heterocycles. The summed E-state index contributed by atoms with van der Waals surface area (Å²) in [5.41, 5.74) is 1.26. The van der Waals surface area contributed by atoms with Crippen molar-refractivity contribution in [2.24, 2.45) is 5.92 Å². The predicted molar refractivity (Wildman–Crippen MR) is 84.3 cm³/mol. The molecule has 0 radical (unpaired) electrons. The molecule has 112 valence electrons. The van der Waals surface area contributed by atoms with Crippen LogP contribution in [-0.2, 0) is 4.79 Å². The van der Waals surface area contributed by atoms with Gasteiger partial charge < -0.3 is 15.4 Å². The van der Waals surface area contributed by atoms with Crippen molar-refractivity contribution < 1.29 is 14.7 Å². The molecule has 0 aliphatic carbocycles. The standard InChI is InChI=1S/C15H17BrN2O3/c1-3-8(2)13(15(20)21)18-14(19)9-7-17-11-6-4-5-10(16)12(9)11/h4-8,13,17H,3H2,1-2H3,(H,18,19)(H,20,21). The molecule has 6 heteroatoms. The van der Waals surface area contributed by atoms with Crippen molar-refractivity contribution in [3.63, 3.8) is 0 Å². The summed E-state index contributed by atoms with van der Waals surface area (Å²) in [6, 6.07) is 4.68. The topological polar surface area (TPSA) is 82.2 Å². The molecule has 1 amide bonds. The summed E-state index contributed by atoms with van der Waals surface area (Å²) in [6.45, 7) is 3.71. The van der Waals surface area contributed by atoms with Gasteiger partial charge in [-0.15, -0.1) is 0 Å². The second-order valence-corrected chi connectivity index (χ2v) is 5.89. The van der Waals surface area contributed by atoms with Gasteiger partial charge in [0.15, 0.2) is 0 Å². The van der Waals surface area contributed by atoms with Crippen molar-refractivity contribution in [1.82, 2.24) is 10.3 Å². The number of carbonyl (C=O) groups excluding carboxylic acids is 1. The van der Waals surface area contributed by atoms with Crippen LogP contribution in [0.2, 0.25) is 0 Å². The highest BCUT2D eigenvalue weighted by atomic mass is 79.9. The van der Waals surface area contributed by atoms with Gasteiger partial charge in [0.1, 0.15) is 6.04 Å². The molecule has 1 aromatic heterocycles. The molecule has 21 heavy (non-hydrogen) atoms. The van der Waals surface area contributed by atoms with E-state index < -0.39 is 12.0 Å². The number of carboxylic acid groups (broad SMARTS) is 1. The number of amides is 1. The first kappa shape index (κ1) is 15.6. The smallest absolute Gasteiger partial charge is 0.326 e. The third kappa shape index (κ3) is 3.10. The number of carboxylic acids is 1. The van der Waals surface area contributed by atoms with Gasteiger partial charge in [0.2, 0.25) is 0 Å². The Morgan fingerprint density at radius 2 is 2.14 bits per heavy atom. The first-order valence-electron chi connectivity index (χ1n) is 6.75. The Bertz CT molecular complexity index is 681. The molecule has 0 spiro atoms. The van der Waals surface area contributed by atoms with Crippen LogP contribution in [0.3, 0.4) is 0 Å². The number of carbonyl (C=O) groups is 2. The van der Waals surface area contributed by atoms with Crippen molar-refractivity contribution in [3.05, 3.63) is 34.4 Å². The van der Waals surface area contributed by atoms with Gasteiger partial charge in [-0.3, -0.25) is 4.79 Å². The summed E-state index contributed by atoms with van der Waals surface area (Å²) in [4.78, 5) is 26.7. The zero-order valence-electron chi connectivity index (χ0n) is 11.8. The minimum Gasteiger partial charge on any atom is -0.480 e. The van der Waals surface area contributed by atoms with Gasteiger partial charge in [-0.25, -0.2) is 4.79 Å². The molecule has 0 bridgehead atoms. The summed E-state index contributed by atoms with van der Waals surface area (Å²) >= 11 is 3.42. The first-order chi connectivity index (χ1) is 9.95. The van der Waals surface area contributed by atoms with E-state index in [1.54, 1.807) is 6.20 Å². The van der Waals surface area contributed by atoms with E-state index in [1.807, 2.05) is 32.0 Å². The van der Waals surface area contributed by atoms with Crippen LogP contribution in [0.5, 0.6) is 0 Å². The number of fused-ring (bicyclic) bond motifs is 1. The van der Waals surface area contributed by atoms with Gasteiger partial charge >= 0.3 is 5.97 Å². The maximum atomic E-state index is 12.4. The van der Waals surface area contributed by atoms with Crippen LogP contribution in [0.15, 0.2) is 28.9 Å². The van der Waals surface area contributed by atoms with Crippen LogP contribution < -0.4 is 5.32 Å². The lowest BCUT2D eigenvalue weighted by molar-refractivity contribution is -0.140. The molecule has 2 atom stereocenters. The maximum Gasteiger partial charge on any atom is 0.326 e. The molecular weight excluding hydrogens is 336 g/mol. The zero-order valence-corrected chi connectivity index (χ0v) is 13.4. The van der Waals surface area contributed by atoms with Gasteiger partial charge in [0.25, 0.3) is 5.91 Å². The molecule has 5 nitrogen and oxygen atoms in total. The number of nitrogens with one attached hydrogen (secondary N) is 2. The first-order valence-corrected chi connectivity index (χ1v) is 7.54. The molecule has 2 rings (SSSR count). The predicted octanol–water partition coefficient (Wildman–Crippen LogP) is 3.16. The van der Waals surface area contributed by atoms with Crippen molar-refractivity contribution in [2.75, 3.05) is 0 Å². The normalized spacial score (nSPS) is 13.9. The Morgan fingerprint density at radius 1 is 1.43 bits per heavy atom. The number of aliphatic carboxylic acids is 1. The van der Waals surface area contributed by atoms with Crippen LogP contribution in [0.25, 0.3) is 10.9 Å². The minimum absolute atomic E-state index is 0.139. The lowest BCUT2D eigenvalue weighted by atomic mass is 9.99. The third-order valence-electron chi connectivity index (χ3n) is 3.67. The van der Waals surface area contributed by atoms with Crippen molar-refractivity contribution >= 4 is 38.7 Å². The lowest BCUT2D eigenvalue weighted by Gasteiger charge is -2.20. The minimum atomic E-state index is -1.02. The lowest BCUT2D eigenvalue weighted by Crippen LogP contribution is -2.44. The maximum absolute atomic E-state index is 12.4. The third-order valence-corrected chi connectivity index (χ3v) is 4.33. The monoisotopic (exact) mass is 352 g/mol. The van der Waals surface area contributed by atoms with Crippen LogP contribution in [0, 0.1) is 5.92 Å². The van der Waals surface area contributed by atoms with E-state index in [0.717, 1.165) is 15.4 Å². The number of hydrogen-bond acceptors (Lipinski definition) is 2. The van der Waals surface area contributed by atoms with Crippen molar-refractivity contribution in [1.29, 1.82) is 0 Å². The summed E-state index contributed by atoms with van der Waals surface area (Å²) in [7, 11) is 0. The zero-order chi connectivity index (χ0) is 15.6. The van der Waals surface area contributed by atoms with Gasteiger partial charge in [-0.05, 0) is 18.1 Å². The van der Waals surface area contributed by atoms with Crippen LogP contribution in [0.1, 0.15) is 30.6 Å². The Labute approximate surface area is 130 Å². The fourth-order valence-electron chi connectivity index (χ4n) is 2.22. The fourth-order valence-corrected chi connectivity index (χ4v) is 2.80. The molecule has 0 aliphatic heterocycles. The van der Waals surface area contributed by atoms with Crippen molar-refractivity contribution in [2.45, 2.75) is 26.3 Å². The quantitative estimate of drug-likeness (QED) is 0.772. The van der Waals surface area contributed by atoms with Gasteiger partial charge in [0.05, 0.1) is 5.56 Å². The summed E-state index contributed by atoms with van der Waals surface area (Å²) in [6.07, 6.45) is 2.27. The second kappa shape index (κ2) is 6.30. The van der Waals surface area contributed by atoms with E-state index in [1.165, 1.54) is 0 Å². The molecule has 1 heterocycles. The average Bonchev–Trinajstić information content (AvgIpc) is 2.89. The highest BCUT2D eigenvalue weighted by Gasteiger charge is 2.26. The second-order valence-electron chi connectivity index (χ2n) is 5.04. The fraction of sp³-hybridized carbons (Fsp3) is 0.333. The SMILES string of the molecule is CCC(C)C(NC(=O)c1c[nH]c2cccc(Br)c12)C(=O)O.